The topological polar surface area (TPSA) is 3.24 Å². The van der Waals surface area contributed by atoms with Crippen LogP contribution in [0.1, 0.15) is 17.2 Å². The van der Waals surface area contributed by atoms with Gasteiger partial charge in [-0.3, -0.25) is 0 Å². The first kappa shape index (κ1) is 15.6. The van der Waals surface area contributed by atoms with Gasteiger partial charge in [-0.1, -0.05) is 36.4 Å². The lowest BCUT2D eigenvalue weighted by Crippen LogP contribution is -2.14. The van der Waals surface area contributed by atoms with Gasteiger partial charge in [0.1, 0.15) is 0 Å². The van der Waals surface area contributed by atoms with E-state index in [0.717, 1.165) is 13.0 Å². The molecule has 0 saturated carbocycles. The van der Waals surface area contributed by atoms with Gasteiger partial charge in [0, 0.05) is 10.1 Å². The number of nitrogens with zero attached hydrogens (tertiary/aromatic N) is 1. The Kier molecular flexibility index (Phi) is 5.19. The second-order valence-electron chi connectivity index (χ2n) is 5.73. The lowest BCUT2D eigenvalue weighted by Gasteiger charge is -2.19. The molecule has 0 bridgehead atoms. The Balaban J connectivity index is 1.88. The van der Waals surface area contributed by atoms with Gasteiger partial charge in [0.25, 0.3) is 0 Å². The normalized spacial score (nSPS) is 12.9. The third kappa shape index (κ3) is 3.72. The standard InChI is InChI=1S/C19H21NS2/c1-20(2)12-10-18(16-11-13-21-14-16)22-19-9-5-7-15-6-3-4-8-17(15)19/h3-9,11,13-14,18H,10,12H2,1-2H3. The summed E-state index contributed by atoms with van der Waals surface area (Å²) in [7, 11) is 4.29. The Hall–Kier alpha value is -1.29. The Morgan fingerprint density at radius 2 is 1.86 bits per heavy atom. The van der Waals surface area contributed by atoms with Crippen LogP contribution >= 0.6 is 23.1 Å². The van der Waals surface area contributed by atoms with Crippen molar-refractivity contribution in [2.24, 2.45) is 0 Å². The van der Waals surface area contributed by atoms with Crippen molar-refractivity contribution in [2.75, 3.05) is 20.6 Å². The number of hydrogen-bond donors (Lipinski definition) is 0. The number of hydrogen-bond acceptors (Lipinski definition) is 3. The largest absolute Gasteiger partial charge is 0.309 e. The molecule has 0 N–H and O–H groups in total. The maximum Gasteiger partial charge on any atom is 0.0365 e. The van der Waals surface area contributed by atoms with Gasteiger partial charge >= 0.3 is 0 Å². The second kappa shape index (κ2) is 7.32. The van der Waals surface area contributed by atoms with E-state index in [1.54, 1.807) is 11.3 Å². The van der Waals surface area contributed by atoms with E-state index in [2.05, 4.69) is 78.3 Å². The highest BCUT2D eigenvalue weighted by Gasteiger charge is 2.15. The van der Waals surface area contributed by atoms with Crippen molar-refractivity contribution >= 4 is 33.9 Å². The van der Waals surface area contributed by atoms with Gasteiger partial charge in [0.15, 0.2) is 0 Å². The predicted molar refractivity (Wildman–Crippen MR) is 100 cm³/mol. The Bertz CT molecular complexity index is 714. The molecule has 2 aromatic carbocycles. The van der Waals surface area contributed by atoms with Crippen molar-refractivity contribution in [1.29, 1.82) is 0 Å². The molecule has 0 aliphatic carbocycles. The summed E-state index contributed by atoms with van der Waals surface area (Å²) in [6.45, 7) is 1.11. The molecule has 0 aliphatic heterocycles. The van der Waals surface area contributed by atoms with E-state index in [-0.39, 0.29) is 0 Å². The van der Waals surface area contributed by atoms with E-state index in [0.29, 0.717) is 5.25 Å². The summed E-state index contributed by atoms with van der Waals surface area (Å²) in [6, 6.07) is 17.5. The van der Waals surface area contributed by atoms with Crippen molar-refractivity contribution in [3.05, 3.63) is 64.9 Å². The molecule has 0 spiro atoms. The highest BCUT2D eigenvalue weighted by molar-refractivity contribution is 7.99. The maximum absolute atomic E-state index is 2.29. The minimum absolute atomic E-state index is 0.513. The van der Waals surface area contributed by atoms with Crippen LogP contribution in [0.4, 0.5) is 0 Å². The molecule has 22 heavy (non-hydrogen) atoms. The molecule has 1 unspecified atom stereocenters. The molecule has 1 heterocycles. The third-order valence-corrected chi connectivity index (χ3v) is 5.88. The molecule has 0 aliphatic rings. The highest BCUT2D eigenvalue weighted by atomic mass is 32.2. The number of benzene rings is 2. The van der Waals surface area contributed by atoms with Crippen LogP contribution in [0.3, 0.4) is 0 Å². The summed E-state index contributed by atoms with van der Waals surface area (Å²) >= 11 is 3.79. The zero-order valence-corrected chi connectivity index (χ0v) is 14.7. The van der Waals surface area contributed by atoms with E-state index in [9.17, 15) is 0 Å². The molecule has 1 nitrogen and oxygen atoms in total. The van der Waals surface area contributed by atoms with Gasteiger partial charge in [-0.15, -0.1) is 11.8 Å². The maximum atomic E-state index is 2.29. The highest BCUT2D eigenvalue weighted by Crippen LogP contribution is 2.41. The number of rotatable bonds is 6. The molecular weight excluding hydrogens is 306 g/mol. The molecule has 1 atom stereocenters. The first-order valence-electron chi connectivity index (χ1n) is 7.55. The fourth-order valence-electron chi connectivity index (χ4n) is 2.58. The Morgan fingerprint density at radius 3 is 2.64 bits per heavy atom. The zero-order chi connectivity index (χ0) is 15.4. The molecule has 114 valence electrons. The van der Waals surface area contributed by atoms with Crippen molar-refractivity contribution in [3.8, 4) is 0 Å². The predicted octanol–water partition coefficient (Wildman–Crippen LogP) is 5.69. The molecule has 3 rings (SSSR count). The average Bonchev–Trinajstić information content (AvgIpc) is 3.05. The zero-order valence-electron chi connectivity index (χ0n) is 13.0. The van der Waals surface area contributed by atoms with Gasteiger partial charge in [-0.05, 0) is 66.3 Å². The summed E-state index contributed by atoms with van der Waals surface area (Å²) in [5, 5.41) is 7.67. The van der Waals surface area contributed by atoms with Crippen LogP contribution in [0.2, 0.25) is 0 Å². The van der Waals surface area contributed by atoms with E-state index in [1.807, 2.05) is 11.8 Å². The van der Waals surface area contributed by atoms with E-state index in [4.69, 9.17) is 0 Å². The third-order valence-electron chi connectivity index (χ3n) is 3.77. The summed E-state index contributed by atoms with van der Waals surface area (Å²) in [6.07, 6.45) is 1.16. The molecule has 0 amide bonds. The molecule has 0 fully saturated rings. The van der Waals surface area contributed by atoms with Crippen LogP contribution in [0.5, 0.6) is 0 Å². The Morgan fingerprint density at radius 1 is 1.05 bits per heavy atom. The first-order valence-corrected chi connectivity index (χ1v) is 9.37. The molecular formula is C19H21NS2. The van der Waals surface area contributed by atoms with Crippen LogP contribution in [0.25, 0.3) is 10.8 Å². The van der Waals surface area contributed by atoms with Gasteiger partial charge in [0.2, 0.25) is 0 Å². The monoisotopic (exact) mass is 327 g/mol. The summed E-state index contributed by atoms with van der Waals surface area (Å²) in [5.41, 5.74) is 1.45. The van der Waals surface area contributed by atoms with Gasteiger partial charge < -0.3 is 4.90 Å². The molecule has 1 aromatic heterocycles. The molecule has 0 saturated heterocycles. The lowest BCUT2D eigenvalue weighted by atomic mass is 10.1. The SMILES string of the molecule is CN(C)CCC(Sc1cccc2ccccc12)c1ccsc1. The Labute approximate surface area is 141 Å². The minimum Gasteiger partial charge on any atom is -0.309 e. The summed E-state index contributed by atoms with van der Waals surface area (Å²) in [5.74, 6) is 0. The van der Waals surface area contributed by atoms with Crippen LogP contribution in [0, 0.1) is 0 Å². The molecule has 3 heteroatoms. The van der Waals surface area contributed by atoms with Crippen LogP contribution in [0.15, 0.2) is 64.2 Å². The van der Waals surface area contributed by atoms with E-state index < -0.39 is 0 Å². The van der Waals surface area contributed by atoms with Crippen molar-refractivity contribution in [2.45, 2.75) is 16.6 Å². The van der Waals surface area contributed by atoms with Crippen molar-refractivity contribution in [3.63, 3.8) is 0 Å². The van der Waals surface area contributed by atoms with Gasteiger partial charge in [0.05, 0.1) is 0 Å². The first-order chi connectivity index (χ1) is 10.7. The fraction of sp³-hybridized carbons (Fsp3) is 0.263. The number of thioether (sulfide) groups is 1. The van der Waals surface area contributed by atoms with Crippen LogP contribution < -0.4 is 0 Å². The van der Waals surface area contributed by atoms with E-state index >= 15 is 0 Å². The summed E-state index contributed by atoms with van der Waals surface area (Å²) in [4.78, 5) is 3.65. The molecule has 0 radical (unpaired) electrons. The average molecular weight is 328 g/mol. The lowest BCUT2D eigenvalue weighted by molar-refractivity contribution is 0.399. The second-order valence-corrected chi connectivity index (χ2v) is 7.76. The summed E-state index contributed by atoms with van der Waals surface area (Å²) < 4.78 is 0. The van der Waals surface area contributed by atoms with Gasteiger partial charge in [-0.2, -0.15) is 11.3 Å². The van der Waals surface area contributed by atoms with Crippen molar-refractivity contribution in [1.82, 2.24) is 4.90 Å². The van der Waals surface area contributed by atoms with Crippen molar-refractivity contribution < 1.29 is 0 Å². The van der Waals surface area contributed by atoms with Crippen LogP contribution in [-0.4, -0.2) is 25.5 Å². The van der Waals surface area contributed by atoms with E-state index in [1.165, 1.54) is 21.2 Å². The van der Waals surface area contributed by atoms with Gasteiger partial charge in [-0.25, -0.2) is 0 Å². The number of thiophene rings is 1. The number of fused-ring (bicyclic) bond motifs is 1. The minimum atomic E-state index is 0.513. The quantitative estimate of drug-likeness (QED) is 0.535. The van der Waals surface area contributed by atoms with Crippen LogP contribution in [-0.2, 0) is 0 Å². The fourth-order valence-corrected chi connectivity index (χ4v) is 4.66. The smallest absolute Gasteiger partial charge is 0.0365 e. The molecule has 3 aromatic rings.